The van der Waals surface area contributed by atoms with Crippen molar-refractivity contribution in [3.8, 4) is 5.75 Å². The van der Waals surface area contributed by atoms with Gasteiger partial charge >= 0.3 is 0 Å². The van der Waals surface area contributed by atoms with Gasteiger partial charge in [-0.15, -0.1) is 0 Å². The zero-order valence-corrected chi connectivity index (χ0v) is 14.7. The molecule has 0 spiro atoms. The smallest absolute Gasteiger partial charge is 0.119 e. The van der Waals surface area contributed by atoms with Crippen molar-refractivity contribution in [3.63, 3.8) is 0 Å². The fourth-order valence-electron chi connectivity index (χ4n) is 2.89. The van der Waals surface area contributed by atoms with Crippen molar-refractivity contribution in [2.75, 3.05) is 13.2 Å². The van der Waals surface area contributed by atoms with Gasteiger partial charge in [-0.05, 0) is 62.7 Å². The Labute approximate surface area is 143 Å². The van der Waals surface area contributed by atoms with Gasteiger partial charge in [-0.3, -0.25) is 0 Å². The first-order valence-corrected chi connectivity index (χ1v) is 8.44. The summed E-state index contributed by atoms with van der Waals surface area (Å²) in [6.45, 7) is 8.31. The molecule has 0 bridgehead atoms. The van der Waals surface area contributed by atoms with Gasteiger partial charge in [0.15, 0.2) is 0 Å². The number of ether oxygens (including phenoxy) is 1. The summed E-state index contributed by atoms with van der Waals surface area (Å²) < 4.78 is 8.13. The van der Waals surface area contributed by atoms with Crippen LogP contribution in [0.3, 0.4) is 0 Å². The number of imidazole rings is 1. The quantitative estimate of drug-likeness (QED) is 0.755. The SMILES string of the molecule is Cc1ccc(OCCn2c(CCN)nc3cc(C)c(C)cc32)cc1. The standard InChI is InChI=1S/C20H25N3O/c1-14-4-6-17(7-5-14)24-11-10-23-19-13-16(3)15(2)12-18(19)22-20(23)8-9-21/h4-7,12-13H,8-11,21H2,1-3H3. The predicted molar refractivity (Wildman–Crippen MR) is 98.6 cm³/mol. The van der Waals surface area contributed by atoms with Crippen LogP contribution in [0.5, 0.6) is 5.75 Å². The Balaban J connectivity index is 1.82. The van der Waals surface area contributed by atoms with Crippen LogP contribution in [0, 0.1) is 20.8 Å². The third kappa shape index (κ3) is 3.44. The van der Waals surface area contributed by atoms with Crippen LogP contribution >= 0.6 is 0 Å². The molecule has 0 fully saturated rings. The summed E-state index contributed by atoms with van der Waals surface area (Å²) in [5.41, 5.74) is 11.7. The second-order valence-corrected chi connectivity index (χ2v) is 6.31. The molecule has 3 aromatic rings. The molecular weight excluding hydrogens is 298 g/mol. The molecule has 0 atom stereocenters. The maximum Gasteiger partial charge on any atom is 0.119 e. The molecule has 126 valence electrons. The molecule has 0 radical (unpaired) electrons. The molecule has 1 heterocycles. The molecule has 4 heteroatoms. The molecule has 0 aliphatic heterocycles. The highest BCUT2D eigenvalue weighted by molar-refractivity contribution is 5.78. The minimum Gasteiger partial charge on any atom is -0.492 e. The van der Waals surface area contributed by atoms with Crippen LogP contribution in [0.25, 0.3) is 11.0 Å². The van der Waals surface area contributed by atoms with Crippen LogP contribution in [-0.2, 0) is 13.0 Å². The molecule has 0 unspecified atom stereocenters. The van der Waals surface area contributed by atoms with Crippen LogP contribution in [-0.4, -0.2) is 22.7 Å². The van der Waals surface area contributed by atoms with E-state index in [4.69, 9.17) is 15.5 Å². The van der Waals surface area contributed by atoms with E-state index in [1.165, 1.54) is 16.7 Å². The molecule has 0 aliphatic rings. The van der Waals surface area contributed by atoms with Gasteiger partial charge in [0, 0.05) is 6.42 Å². The van der Waals surface area contributed by atoms with E-state index >= 15 is 0 Å². The van der Waals surface area contributed by atoms with Crippen LogP contribution in [0.1, 0.15) is 22.5 Å². The molecular formula is C20H25N3O. The van der Waals surface area contributed by atoms with Crippen molar-refractivity contribution >= 4 is 11.0 Å². The van der Waals surface area contributed by atoms with Gasteiger partial charge in [-0.1, -0.05) is 17.7 Å². The van der Waals surface area contributed by atoms with Gasteiger partial charge in [0.05, 0.1) is 17.6 Å². The number of aromatic nitrogens is 2. The van der Waals surface area contributed by atoms with E-state index in [9.17, 15) is 0 Å². The molecule has 4 nitrogen and oxygen atoms in total. The number of benzene rings is 2. The topological polar surface area (TPSA) is 53.1 Å². The Kier molecular flexibility index (Phi) is 4.86. The van der Waals surface area contributed by atoms with Crippen LogP contribution in [0.2, 0.25) is 0 Å². The second kappa shape index (κ2) is 7.05. The normalized spacial score (nSPS) is 11.2. The summed E-state index contributed by atoms with van der Waals surface area (Å²) in [5.74, 6) is 1.93. The number of hydrogen-bond acceptors (Lipinski definition) is 3. The third-order valence-corrected chi connectivity index (χ3v) is 4.42. The Hall–Kier alpha value is -2.33. The highest BCUT2D eigenvalue weighted by Crippen LogP contribution is 2.21. The van der Waals surface area contributed by atoms with E-state index in [-0.39, 0.29) is 0 Å². The molecule has 24 heavy (non-hydrogen) atoms. The summed E-state index contributed by atoms with van der Waals surface area (Å²) >= 11 is 0. The highest BCUT2D eigenvalue weighted by Gasteiger charge is 2.11. The zero-order valence-electron chi connectivity index (χ0n) is 14.7. The molecule has 2 aromatic carbocycles. The van der Waals surface area contributed by atoms with E-state index in [0.717, 1.165) is 35.6 Å². The van der Waals surface area contributed by atoms with E-state index in [0.29, 0.717) is 13.2 Å². The van der Waals surface area contributed by atoms with Crippen molar-refractivity contribution < 1.29 is 4.74 Å². The van der Waals surface area contributed by atoms with Gasteiger partial charge in [0.1, 0.15) is 18.2 Å². The molecule has 0 amide bonds. The van der Waals surface area contributed by atoms with Gasteiger partial charge < -0.3 is 15.0 Å². The lowest BCUT2D eigenvalue weighted by Gasteiger charge is -2.11. The number of fused-ring (bicyclic) bond motifs is 1. The molecule has 0 saturated heterocycles. The van der Waals surface area contributed by atoms with Crippen LogP contribution in [0.4, 0.5) is 0 Å². The number of nitrogens with zero attached hydrogens (tertiary/aromatic N) is 2. The summed E-state index contributed by atoms with van der Waals surface area (Å²) in [7, 11) is 0. The maximum atomic E-state index is 5.89. The first-order chi connectivity index (χ1) is 11.6. The van der Waals surface area contributed by atoms with Crippen LogP contribution < -0.4 is 10.5 Å². The number of nitrogens with two attached hydrogens (primary N) is 1. The number of rotatable bonds is 6. The number of hydrogen-bond donors (Lipinski definition) is 1. The Morgan fingerprint density at radius 3 is 2.46 bits per heavy atom. The van der Waals surface area contributed by atoms with Gasteiger partial charge in [-0.2, -0.15) is 0 Å². The average molecular weight is 323 g/mol. The molecule has 2 N–H and O–H groups in total. The maximum absolute atomic E-state index is 5.89. The zero-order chi connectivity index (χ0) is 17.1. The van der Waals surface area contributed by atoms with Crippen molar-refractivity contribution in [1.82, 2.24) is 9.55 Å². The highest BCUT2D eigenvalue weighted by atomic mass is 16.5. The lowest BCUT2D eigenvalue weighted by atomic mass is 10.1. The number of aryl methyl sites for hydroxylation is 3. The van der Waals surface area contributed by atoms with Gasteiger partial charge in [0.2, 0.25) is 0 Å². The van der Waals surface area contributed by atoms with Gasteiger partial charge in [0.25, 0.3) is 0 Å². The minimum absolute atomic E-state index is 0.597. The lowest BCUT2D eigenvalue weighted by Crippen LogP contribution is -2.14. The van der Waals surface area contributed by atoms with Crippen molar-refractivity contribution in [2.24, 2.45) is 5.73 Å². The predicted octanol–water partition coefficient (Wildman–Crippen LogP) is 3.54. The molecule has 0 saturated carbocycles. The Morgan fingerprint density at radius 1 is 1.04 bits per heavy atom. The molecule has 1 aromatic heterocycles. The van der Waals surface area contributed by atoms with Crippen molar-refractivity contribution in [1.29, 1.82) is 0 Å². The van der Waals surface area contributed by atoms with E-state index in [1.54, 1.807) is 0 Å². The first-order valence-electron chi connectivity index (χ1n) is 8.44. The summed E-state index contributed by atoms with van der Waals surface area (Å²) in [5, 5.41) is 0. The summed E-state index contributed by atoms with van der Waals surface area (Å²) in [4.78, 5) is 4.77. The van der Waals surface area contributed by atoms with Crippen molar-refractivity contribution in [3.05, 3.63) is 58.9 Å². The van der Waals surface area contributed by atoms with E-state index in [1.807, 2.05) is 12.1 Å². The largest absolute Gasteiger partial charge is 0.492 e. The lowest BCUT2D eigenvalue weighted by molar-refractivity contribution is 0.298. The third-order valence-electron chi connectivity index (χ3n) is 4.42. The van der Waals surface area contributed by atoms with E-state index < -0.39 is 0 Å². The van der Waals surface area contributed by atoms with Crippen LogP contribution in [0.15, 0.2) is 36.4 Å². The fraction of sp³-hybridized carbons (Fsp3) is 0.350. The minimum atomic E-state index is 0.597. The second-order valence-electron chi connectivity index (χ2n) is 6.31. The first kappa shape index (κ1) is 16.5. The Bertz CT molecular complexity index is 834. The fourth-order valence-corrected chi connectivity index (χ4v) is 2.89. The monoisotopic (exact) mass is 323 g/mol. The molecule has 3 rings (SSSR count). The summed E-state index contributed by atoms with van der Waals surface area (Å²) in [6, 6.07) is 12.5. The average Bonchev–Trinajstić information content (AvgIpc) is 2.87. The van der Waals surface area contributed by atoms with E-state index in [2.05, 4.69) is 49.6 Å². The summed E-state index contributed by atoms with van der Waals surface area (Å²) in [6.07, 6.45) is 0.775. The Morgan fingerprint density at radius 2 is 1.75 bits per heavy atom. The van der Waals surface area contributed by atoms with Crippen molar-refractivity contribution in [2.45, 2.75) is 33.7 Å². The van der Waals surface area contributed by atoms with Gasteiger partial charge in [-0.25, -0.2) is 4.98 Å². The molecule has 0 aliphatic carbocycles.